The number of carbonyl (C=O) groups is 4. The summed E-state index contributed by atoms with van der Waals surface area (Å²) in [5.74, 6) is -0.658. The van der Waals surface area contributed by atoms with Crippen molar-refractivity contribution in [3.8, 4) is 0 Å². The Balaban J connectivity index is 1.15. The number of imide groups is 1. The molecule has 4 aliphatic heterocycles. The summed E-state index contributed by atoms with van der Waals surface area (Å²) in [6, 6.07) is 5.73. The minimum atomic E-state index is -0.637. The molecule has 3 saturated heterocycles. The average molecular weight is 510 g/mol. The van der Waals surface area contributed by atoms with Gasteiger partial charge in [0.2, 0.25) is 17.7 Å². The standard InChI is InChI=1S/C27H35N5O5/c1-26(2,3)37-25(36)31-15-17(16-31)29-11-13-30(14-12-29)18-5-4-6-19-22(18)27(9-10-27)24(35)32(19)20-7-8-21(33)28-23(20)34/h4-6,17,20H,7-16H2,1-3H3,(H,28,33,34). The second-order valence-electron chi connectivity index (χ2n) is 12.0. The van der Waals surface area contributed by atoms with Gasteiger partial charge in [-0.2, -0.15) is 0 Å². The molecule has 1 spiro atoms. The van der Waals surface area contributed by atoms with E-state index in [1.54, 1.807) is 9.80 Å². The van der Waals surface area contributed by atoms with Gasteiger partial charge in [-0.05, 0) is 52.2 Å². The van der Waals surface area contributed by atoms with Crippen molar-refractivity contribution in [3.63, 3.8) is 0 Å². The van der Waals surface area contributed by atoms with Crippen molar-refractivity contribution in [3.05, 3.63) is 23.8 Å². The van der Waals surface area contributed by atoms with Gasteiger partial charge in [-0.1, -0.05) is 6.07 Å². The zero-order valence-corrected chi connectivity index (χ0v) is 21.8. The maximum absolute atomic E-state index is 13.7. The van der Waals surface area contributed by atoms with Gasteiger partial charge in [0.05, 0.1) is 11.1 Å². The molecular weight excluding hydrogens is 474 g/mol. The third-order valence-corrected chi connectivity index (χ3v) is 8.34. The molecule has 4 amide bonds. The Hall–Kier alpha value is -3.14. The fourth-order valence-electron chi connectivity index (χ4n) is 6.25. The van der Waals surface area contributed by atoms with Crippen LogP contribution in [0.4, 0.5) is 16.2 Å². The highest BCUT2D eigenvalue weighted by molar-refractivity contribution is 6.16. The van der Waals surface area contributed by atoms with E-state index < -0.39 is 17.1 Å². The molecule has 198 valence electrons. The van der Waals surface area contributed by atoms with Crippen LogP contribution in [0.2, 0.25) is 0 Å². The average Bonchev–Trinajstić information content (AvgIpc) is 3.56. The summed E-state index contributed by atoms with van der Waals surface area (Å²) in [6.07, 6.45) is 1.94. The van der Waals surface area contributed by atoms with Crippen LogP contribution in [-0.4, -0.2) is 90.6 Å². The number of hydrogen-bond acceptors (Lipinski definition) is 7. The third-order valence-electron chi connectivity index (χ3n) is 8.34. The van der Waals surface area contributed by atoms with Crippen LogP contribution in [0.1, 0.15) is 52.0 Å². The number of anilines is 2. The molecule has 5 aliphatic rings. The maximum Gasteiger partial charge on any atom is 0.410 e. The number of amides is 4. The fourth-order valence-corrected chi connectivity index (χ4v) is 6.25. The molecule has 1 aromatic carbocycles. The van der Waals surface area contributed by atoms with Gasteiger partial charge < -0.3 is 14.5 Å². The zero-order chi connectivity index (χ0) is 26.1. The largest absolute Gasteiger partial charge is 0.444 e. The lowest BCUT2D eigenvalue weighted by molar-refractivity contribution is -0.135. The molecule has 1 N–H and O–H groups in total. The van der Waals surface area contributed by atoms with Crippen LogP contribution < -0.4 is 15.1 Å². The molecule has 1 aromatic rings. The van der Waals surface area contributed by atoms with Crippen LogP contribution in [0.15, 0.2) is 18.2 Å². The quantitative estimate of drug-likeness (QED) is 0.618. The summed E-state index contributed by atoms with van der Waals surface area (Å²) in [5, 5.41) is 2.41. The first-order valence-corrected chi connectivity index (χ1v) is 13.4. The SMILES string of the molecule is CC(C)(C)OC(=O)N1CC(N2CCN(c3cccc4c3C3(CC3)C(=O)N4C3CCC(=O)NC3=O)CC2)C1. The first-order chi connectivity index (χ1) is 17.6. The van der Waals surface area contributed by atoms with E-state index in [2.05, 4.69) is 21.2 Å². The minimum Gasteiger partial charge on any atom is -0.444 e. The first-order valence-electron chi connectivity index (χ1n) is 13.4. The highest BCUT2D eigenvalue weighted by Crippen LogP contribution is 2.60. The molecule has 10 heteroatoms. The Bertz CT molecular complexity index is 1160. The van der Waals surface area contributed by atoms with Crippen LogP contribution >= 0.6 is 0 Å². The van der Waals surface area contributed by atoms with Crippen LogP contribution in [0.25, 0.3) is 0 Å². The third kappa shape index (κ3) is 4.05. The molecule has 1 unspecified atom stereocenters. The van der Waals surface area contributed by atoms with Crippen LogP contribution in [0, 0.1) is 0 Å². The molecule has 6 rings (SSSR count). The summed E-state index contributed by atoms with van der Waals surface area (Å²) in [7, 11) is 0. The van der Waals surface area contributed by atoms with Crippen molar-refractivity contribution in [1.29, 1.82) is 0 Å². The molecule has 1 saturated carbocycles. The van der Waals surface area contributed by atoms with E-state index in [0.717, 1.165) is 56.0 Å². The van der Waals surface area contributed by atoms with Crippen molar-refractivity contribution in [2.75, 3.05) is 49.1 Å². The lowest BCUT2D eigenvalue weighted by atomic mass is 9.95. The smallest absolute Gasteiger partial charge is 0.410 e. The van der Waals surface area contributed by atoms with Crippen molar-refractivity contribution in [1.82, 2.24) is 15.1 Å². The number of ether oxygens (including phenoxy) is 1. The van der Waals surface area contributed by atoms with Crippen molar-refractivity contribution < 1.29 is 23.9 Å². The normalized spacial score (nSPS) is 25.8. The number of carbonyl (C=O) groups excluding carboxylic acids is 4. The predicted molar refractivity (Wildman–Crippen MR) is 136 cm³/mol. The minimum absolute atomic E-state index is 0.000197. The van der Waals surface area contributed by atoms with Crippen molar-refractivity contribution in [2.24, 2.45) is 0 Å². The molecule has 1 atom stereocenters. The molecule has 4 heterocycles. The Labute approximate surface area is 216 Å². The van der Waals surface area contributed by atoms with Gasteiger partial charge in [0.25, 0.3) is 0 Å². The number of hydrogen-bond donors (Lipinski definition) is 1. The van der Waals surface area contributed by atoms with Gasteiger partial charge in [0.15, 0.2) is 0 Å². The number of piperidine rings is 1. The van der Waals surface area contributed by atoms with E-state index in [-0.39, 0.29) is 30.2 Å². The van der Waals surface area contributed by atoms with Gasteiger partial charge >= 0.3 is 6.09 Å². The number of nitrogens with zero attached hydrogens (tertiary/aromatic N) is 4. The topological polar surface area (TPSA) is 102 Å². The van der Waals surface area contributed by atoms with Crippen LogP contribution in [0.3, 0.4) is 0 Å². The van der Waals surface area contributed by atoms with E-state index in [4.69, 9.17) is 4.74 Å². The number of piperazine rings is 1. The first kappa shape index (κ1) is 24.2. The summed E-state index contributed by atoms with van der Waals surface area (Å²) < 4.78 is 5.48. The van der Waals surface area contributed by atoms with Crippen LogP contribution in [0.5, 0.6) is 0 Å². The zero-order valence-electron chi connectivity index (χ0n) is 21.8. The van der Waals surface area contributed by atoms with Gasteiger partial charge in [0, 0.05) is 63.0 Å². The maximum atomic E-state index is 13.7. The Morgan fingerprint density at radius 2 is 1.70 bits per heavy atom. The monoisotopic (exact) mass is 509 g/mol. The number of nitrogens with one attached hydrogen (secondary N) is 1. The second kappa shape index (κ2) is 8.44. The fraction of sp³-hybridized carbons (Fsp3) is 0.630. The molecule has 0 bridgehead atoms. The van der Waals surface area contributed by atoms with E-state index in [1.165, 1.54) is 0 Å². The van der Waals surface area contributed by atoms with Gasteiger partial charge in [0.1, 0.15) is 11.6 Å². The van der Waals surface area contributed by atoms with E-state index in [1.807, 2.05) is 32.9 Å². The number of likely N-dealkylation sites (tertiary alicyclic amines) is 1. The summed E-state index contributed by atoms with van der Waals surface area (Å²) in [4.78, 5) is 58.5. The molecule has 0 radical (unpaired) electrons. The summed E-state index contributed by atoms with van der Waals surface area (Å²) in [5.41, 5.74) is 1.94. The van der Waals surface area contributed by atoms with Gasteiger partial charge in [-0.25, -0.2) is 4.79 Å². The summed E-state index contributed by atoms with van der Waals surface area (Å²) in [6.45, 7) is 10.5. The number of fused-ring (bicyclic) bond motifs is 2. The van der Waals surface area contributed by atoms with Crippen molar-refractivity contribution >= 4 is 35.2 Å². The summed E-state index contributed by atoms with van der Waals surface area (Å²) >= 11 is 0. The van der Waals surface area contributed by atoms with Gasteiger partial charge in [-0.3, -0.25) is 29.5 Å². The van der Waals surface area contributed by atoms with Crippen molar-refractivity contribution in [2.45, 2.75) is 69.6 Å². The Morgan fingerprint density at radius 1 is 1.03 bits per heavy atom. The molecule has 10 nitrogen and oxygen atoms in total. The lowest BCUT2D eigenvalue weighted by Gasteiger charge is -2.48. The second-order valence-corrected chi connectivity index (χ2v) is 12.0. The Morgan fingerprint density at radius 3 is 2.32 bits per heavy atom. The Kier molecular flexibility index (Phi) is 5.52. The highest BCUT2D eigenvalue weighted by atomic mass is 16.6. The van der Waals surface area contributed by atoms with E-state index in [0.29, 0.717) is 25.6 Å². The molecule has 37 heavy (non-hydrogen) atoms. The predicted octanol–water partition coefficient (Wildman–Crippen LogP) is 1.61. The number of rotatable bonds is 3. The molecular formula is C27H35N5O5. The van der Waals surface area contributed by atoms with Crippen LogP contribution in [-0.2, 0) is 24.5 Å². The van der Waals surface area contributed by atoms with E-state index >= 15 is 0 Å². The van der Waals surface area contributed by atoms with Gasteiger partial charge in [-0.15, -0.1) is 0 Å². The van der Waals surface area contributed by atoms with E-state index in [9.17, 15) is 19.2 Å². The molecule has 4 fully saturated rings. The number of benzene rings is 1. The molecule has 0 aromatic heterocycles. The molecule has 1 aliphatic carbocycles. The highest BCUT2D eigenvalue weighted by Gasteiger charge is 2.62. The lowest BCUT2D eigenvalue weighted by Crippen LogP contribution is -2.64.